The zero-order chi connectivity index (χ0) is 13.5. The Morgan fingerprint density at radius 2 is 2.17 bits per heavy atom. The topological polar surface area (TPSA) is 41.1 Å². The van der Waals surface area contributed by atoms with Crippen LogP contribution in [0, 0.1) is 24.0 Å². The summed E-state index contributed by atoms with van der Waals surface area (Å²) in [6.07, 6.45) is 4.99. The predicted octanol–water partition coefficient (Wildman–Crippen LogP) is 1.36. The van der Waals surface area contributed by atoms with Crippen LogP contribution in [0.3, 0.4) is 0 Å². The first-order valence-corrected chi connectivity index (χ1v) is 5.43. The number of hydrogen-bond donors (Lipinski definition) is 2. The van der Waals surface area contributed by atoms with E-state index in [1.54, 1.807) is 6.92 Å². The summed E-state index contributed by atoms with van der Waals surface area (Å²) >= 11 is 0. The third-order valence-corrected chi connectivity index (χ3v) is 2.40. The van der Waals surface area contributed by atoms with Gasteiger partial charge in [-0.05, 0) is 24.6 Å². The molecule has 0 heterocycles. The number of halogens is 2. The van der Waals surface area contributed by atoms with E-state index in [1.165, 1.54) is 6.07 Å². The number of carbonyl (C=O) groups excluding carboxylic acids is 1. The molecule has 1 aromatic carbocycles. The molecule has 0 bridgehead atoms. The van der Waals surface area contributed by atoms with Crippen molar-refractivity contribution in [2.24, 2.45) is 0 Å². The number of terminal acetylenes is 1. The molecule has 18 heavy (non-hydrogen) atoms. The molecule has 1 atom stereocenters. The summed E-state index contributed by atoms with van der Waals surface area (Å²) in [5.74, 6) is 0.237. The highest BCUT2D eigenvalue weighted by Crippen LogP contribution is 2.15. The monoisotopic (exact) mass is 252 g/mol. The molecule has 1 aromatic rings. The molecule has 0 spiro atoms. The standard InChI is InChI=1S/C13H14F2N2O/c1-3-6-16-13(18)8-17-9(2)10-4-5-11(14)12(15)7-10/h1,4-5,7,9,17H,6,8H2,2H3,(H,16,18)/t9-/m0/s1. The van der Waals surface area contributed by atoms with Crippen molar-refractivity contribution in [3.63, 3.8) is 0 Å². The molecule has 3 nitrogen and oxygen atoms in total. The lowest BCUT2D eigenvalue weighted by atomic mass is 10.1. The predicted molar refractivity (Wildman–Crippen MR) is 64.6 cm³/mol. The van der Waals surface area contributed by atoms with Gasteiger partial charge in [-0.2, -0.15) is 0 Å². The highest BCUT2D eigenvalue weighted by Gasteiger charge is 2.10. The van der Waals surface area contributed by atoms with Gasteiger partial charge in [0, 0.05) is 6.04 Å². The van der Waals surface area contributed by atoms with Crippen LogP contribution >= 0.6 is 0 Å². The van der Waals surface area contributed by atoms with Gasteiger partial charge in [-0.3, -0.25) is 4.79 Å². The Balaban J connectivity index is 2.50. The van der Waals surface area contributed by atoms with Crippen LogP contribution < -0.4 is 10.6 Å². The van der Waals surface area contributed by atoms with Crippen LogP contribution in [0.1, 0.15) is 18.5 Å². The molecule has 0 radical (unpaired) electrons. The first-order chi connectivity index (χ1) is 8.54. The maximum atomic E-state index is 13.0. The van der Waals surface area contributed by atoms with Gasteiger partial charge in [-0.25, -0.2) is 8.78 Å². The molecule has 0 saturated heterocycles. The van der Waals surface area contributed by atoms with E-state index in [0.717, 1.165) is 12.1 Å². The van der Waals surface area contributed by atoms with E-state index >= 15 is 0 Å². The van der Waals surface area contributed by atoms with Crippen molar-refractivity contribution in [1.29, 1.82) is 0 Å². The van der Waals surface area contributed by atoms with E-state index < -0.39 is 11.6 Å². The lowest BCUT2D eigenvalue weighted by molar-refractivity contribution is -0.120. The van der Waals surface area contributed by atoms with Crippen LogP contribution in [0.15, 0.2) is 18.2 Å². The Kier molecular flexibility index (Phi) is 5.28. The van der Waals surface area contributed by atoms with Gasteiger partial charge >= 0.3 is 0 Å². The minimum Gasteiger partial charge on any atom is -0.344 e. The van der Waals surface area contributed by atoms with Crippen molar-refractivity contribution in [2.45, 2.75) is 13.0 Å². The third kappa shape index (κ3) is 4.15. The molecular formula is C13H14F2N2O. The number of hydrogen-bond acceptors (Lipinski definition) is 2. The summed E-state index contributed by atoms with van der Waals surface area (Å²) in [7, 11) is 0. The Hall–Kier alpha value is -1.93. The van der Waals surface area contributed by atoms with Gasteiger partial charge in [0.15, 0.2) is 11.6 Å². The molecule has 5 heteroatoms. The molecule has 0 aliphatic carbocycles. The molecule has 0 aliphatic rings. The smallest absolute Gasteiger partial charge is 0.234 e. The van der Waals surface area contributed by atoms with Gasteiger partial charge in [0.1, 0.15) is 0 Å². The molecule has 1 amide bonds. The zero-order valence-electron chi connectivity index (χ0n) is 9.97. The second kappa shape index (κ2) is 6.72. The number of benzene rings is 1. The van der Waals surface area contributed by atoms with Crippen LogP contribution in [0.5, 0.6) is 0 Å². The fourth-order valence-corrected chi connectivity index (χ4v) is 1.36. The highest BCUT2D eigenvalue weighted by molar-refractivity contribution is 5.78. The fourth-order valence-electron chi connectivity index (χ4n) is 1.36. The SMILES string of the molecule is C#CCNC(=O)CN[C@@H](C)c1ccc(F)c(F)c1. The summed E-state index contributed by atoms with van der Waals surface area (Å²) in [4.78, 5) is 11.3. The largest absolute Gasteiger partial charge is 0.344 e. The van der Waals surface area contributed by atoms with E-state index in [4.69, 9.17) is 6.42 Å². The van der Waals surface area contributed by atoms with Crippen molar-refractivity contribution < 1.29 is 13.6 Å². The molecule has 96 valence electrons. The lowest BCUT2D eigenvalue weighted by Crippen LogP contribution is -2.35. The van der Waals surface area contributed by atoms with Gasteiger partial charge in [-0.15, -0.1) is 6.42 Å². The average Bonchev–Trinajstić information content (AvgIpc) is 2.36. The van der Waals surface area contributed by atoms with Crippen molar-refractivity contribution in [3.05, 3.63) is 35.4 Å². The van der Waals surface area contributed by atoms with Crippen molar-refractivity contribution in [2.75, 3.05) is 13.1 Å². The molecule has 0 unspecified atom stereocenters. The minimum atomic E-state index is -0.905. The van der Waals surface area contributed by atoms with Gasteiger partial charge in [-0.1, -0.05) is 12.0 Å². The van der Waals surface area contributed by atoms with Gasteiger partial charge in [0.25, 0.3) is 0 Å². The van der Waals surface area contributed by atoms with Crippen molar-refractivity contribution in [1.82, 2.24) is 10.6 Å². The molecule has 0 saturated carbocycles. The maximum Gasteiger partial charge on any atom is 0.234 e. The third-order valence-electron chi connectivity index (χ3n) is 2.40. The molecule has 1 rings (SSSR count). The van der Waals surface area contributed by atoms with Crippen LogP contribution in [0.4, 0.5) is 8.78 Å². The maximum absolute atomic E-state index is 13.0. The Bertz CT molecular complexity index is 469. The van der Waals surface area contributed by atoms with E-state index in [0.29, 0.717) is 5.56 Å². The van der Waals surface area contributed by atoms with Crippen LogP contribution in [0.25, 0.3) is 0 Å². The van der Waals surface area contributed by atoms with E-state index in [-0.39, 0.29) is 25.0 Å². The zero-order valence-corrected chi connectivity index (χ0v) is 9.97. The van der Waals surface area contributed by atoms with Gasteiger partial charge < -0.3 is 10.6 Å². The quantitative estimate of drug-likeness (QED) is 0.777. The van der Waals surface area contributed by atoms with Crippen molar-refractivity contribution in [3.8, 4) is 12.3 Å². The summed E-state index contributed by atoms with van der Waals surface area (Å²) in [5.41, 5.74) is 0.568. The summed E-state index contributed by atoms with van der Waals surface area (Å²) in [6, 6.07) is 3.36. The molecule has 0 fully saturated rings. The first kappa shape index (κ1) is 14.1. The normalized spacial score (nSPS) is 11.7. The van der Waals surface area contributed by atoms with Crippen LogP contribution in [0.2, 0.25) is 0 Å². The number of carbonyl (C=O) groups is 1. The fraction of sp³-hybridized carbons (Fsp3) is 0.308. The van der Waals surface area contributed by atoms with Crippen LogP contribution in [-0.2, 0) is 4.79 Å². The second-order valence-electron chi connectivity index (χ2n) is 3.76. The minimum absolute atomic E-state index is 0.0574. The number of rotatable bonds is 5. The Labute approximate surface area is 105 Å². The second-order valence-corrected chi connectivity index (χ2v) is 3.76. The highest BCUT2D eigenvalue weighted by atomic mass is 19.2. The lowest BCUT2D eigenvalue weighted by Gasteiger charge is -2.14. The first-order valence-electron chi connectivity index (χ1n) is 5.43. The van der Waals surface area contributed by atoms with Crippen LogP contribution in [-0.4, -0.2) is 19.0 Å². The summed E-state index contributed by atoms with van der Waals surface area (Å²) in [5, 5.41) is 5.37. The van der Waals surface area contributed by atoms with E-state index in [9.17, 15) is 13.6 Å². The van der Waals surface area contributed by atoms with E-state index in [1.807, 2.05) is 0 Å². The van der Waals surface area contributed by atoms with Gasteiger partial charge in [0.05, 0.1) is 13.1 Å². The molecule has 0 aromatic heterocycles. The Morgan fingerprint density at radius 1 is 1.44 bits per heavy atom. The molecule has 0 aliphatic heterocycles. The van der Waals surface area contributed by atoms with Crippen molar-refractivity contribution >= 4 is 5.91 Å². The summed E-state index contributed by atoms with van der Waals surface area (Å²) in [6.45, 7) is 1.98. The molecule has 2 N–H and O–H groups in total. The average molecular weight is 252 g/mol. The summed E-state index contributed by atoms with van der Waals surface area (Å²) < 4.78 is 25.7. The van der Waals surface area contributed by atoms with E-state index in [2.05, 4.69) is 16.6 Å². The molecular weight excluding hydrogens is 238 g/mol. The van der Waals surface area contributed by atoms with Gasteiger partial charge in [0.2, 0.25) is 5.91 Å². The number of nitrogens with one attached hydrogen (secondary N) is 2. The number of amides is 1. The Morgan fingerprint density at radius 3 is 2.78 bits per heavy atom.